The zero-order valence-corrected chi connectivity index (χ0v) is 21.6. The van der Waals surface area contributed by atoms with Crippen molar-refractivity contribution in [3.05, 3.63) is 100 Å². The molecule has 0 aliphatic carbocycles. The molecular formula is C30H28N2O3S. The second-order valence-corrected chi connectivity index (χ2v) is 10.5. The van der Waals surface area contributed by atoms with E-state index in [1.807, 2.05) is 55.5 Å². The van der Waals surface area contributed by atoms with Gasteiger partial charge in [-0.2, -0.15) is 0 Å². The van der Waals surface area contributed by atoms with Gasteiger partial charge in [0.05, 0.1) is 21.8 Å². The van der Waals surface area contributed by atoms with Gasteiger partial charge in [-0.25, -0.2) is 4.98 Å². The van der Waals surface area contributed by atoms with Crippen LogP contribution in [0, 0.1) is 6.92 Å². The first-order chi connectivity index (χ1) is 17.3. The van der Waals surface area contributed by atoms with Crippen molar-refractivity contribution in [3.8, 4) is 0 Å². The zero-order chi connectivity index (χ0) is 25.6. The van der Waals surface area contributed by atoms with E-state index in [0.29, 0.717) is 16.6 Å². The number of thiazole rings is 1. The van der Waals surface area contributed by atoms with Gasteiger partial charge in [0.25, 0.3) is 5.78 Å². The standard InChI is InChI=1S/C30H28N2O3S/c1-5-19-8-15-23-24(16-19)36-30(31-23)32-26(21-13-11-20(12-14-21)17(2)3)25(28(34)29(32)35)27(33)22-9-6-18(4)7-10-22/h6-17,26,33H,5H2,1-4H3. The highest BCUT2D eigenvalue weighted by Gasteiger charge is 2.48. The van der Waals surface area contributed by atoms with Gasteiger partial charge >= 0.3 is 5.91 Å². The van der Waals surface area contributed by atoms with Gasteiger partial charge in [0.1, 0.15) is 5.76 Å². The molecule has 1 aliphatic rings. The molecule has 1 unspecified atom stereocenters. The fourth-order valence-corrected chi connectivity index (χ4v) is 5.61. The van der Waals surface area contributed by atoms with Crippen LogP contribution in [0.1, 0.15) is 60.5 Å². The average Bonchev–Trinajstić information content (AvgIpc) is 3.41. The Balaban J connectivity index is 1.70. The molecule has 1 saturated heterocycles. The number of nitrogens with zero attached hydrogens (tertiary/aromatic N) is 2. The number of Topliss-reactive ketones (excluding diaryl/α,β-unsaturated/α-hetero) is 1. The number of hydrogen-bond acceptors (Lipinski definition) is 5. The number of hydrogen-bond donors (Lipinski definition) is 1. The molecule has 0 spiro atoms. The van der Waals surface area contributed by atoms with Crippen LogP contribution in [-0.2, 0) is 16.0 Å². The third-order valence-electron chi connectivity index (χ3n) is 6.74. The van der Waals surface area contributed by atoms with Gasteiger partial charge in [0, 0.05) is 5.56 Å². The van der Waals surface area contributed by atoms with E-state index >= 15 is 0 Å². The van der Waals surface area contributed by atoms with Gasteiger partial charge in [0.15, 0.2) is 5.13 Å². The molecule has 1 aromatic heterocycles. The normalized spacial score (nSPS) is 17.5. The van der Waals surface area contributed by atoms with Crippen LogP contribution in [0.4, 0.5) is 5.13 Å². The Bertz CT molecular complexity index is 1500. The highest BCUT2D eigenvalue weighted by Crippen LogP contribution is 2.44. The van der Waals surface area contributed by atoms with Crippen LogP contribution in [0.2, 0.25) is 0 Å². The minimum absolute atomic E-state index is 0.0784. The van der Waals surface area contributed by atoms with Crippen molar-refractivity contribution < 1.29 is 14.7 Å². The number of anilines is 1. The third kappa shape index (κ3) is 4.11. The minimum atomic E-state index is -0.779. The molecule has 1 N–H and O–H groups in total. The average molecular weight is 497 g/mol. The van der Waals surface area contributed by atoms with Gasteiger partial charge < -0.3 is 5.11 Å². The molecule has 2 heterocycles. The summed E-state index contributed by atoms with van der Waals surface area (Å²) in [4.78, 5) is 33.0. The SMILES string of the molecule is CCc1ccc2nc(N3C(=O)C(=O)C(=C(O)c4ccc(C)cc4)C3c3ccc(C(C)C)cc3)sc2c1. The summed E-state index contributed by atoms with van der Waals surface area (Å²) >= 11 is 1.39. The summed E-state index contributed by atoms with van der Waals surface area (Å²) in [7, 11) is 0. The zero-order valence-electron chi connectivity index (χ0n) is 20.8. The maximum absolute atomic E-state index is 13.5. The van der Waals surface area contributed by atoms with Gasteiger partial charge in [0.2, 0.25) is 0 Å². The molecule has 3 aromatic carbocycles. The number of benzene rings is 3. The number of aliphatic hydroxyl groups excluding tert-OH is 1. The van der Waals surface area contributed by atoms with Crippen molar-refractivity contribution in [1.82, 2.24) is 4.98 Å². The van der Waals surface area contributed by atoms with E-state index in [1.54, 1.807) is 12.1 Å². The monoisotopic (exact) mass is 496 g/mol. The number of rotatable bonds is 5. The molecular weight excluding hydrogens is 468 g/mol. The first-order valence-electron chi connectivity index (χ1n) is 12.2. The number of ketones is 1. The lowest BCUT2D eigenvalue weighted by molar-refractivity contribution is -0.132. The quantitative estimate of drug-likeness (QED) is 0.185. The molecule has 4 aromatic rings. The molecule has 1 amide bonds. The van der Waals surface area contributed by atoms with E-state index < -0.39 is 17.7 Å². The van der Waals surface area contributed by atoms with Gasteiger partial charge in [-0.05, 0) is 48.1 Å². The van der Waals surface area contributed by atoms with Crippen LogP contribution in [0.25, 0.3) is 16.0 Å². The summed E-state index contributed by atoms with van der Waals surface area (Å²) in [5.74, 6) is -1.23. The Hall–Kier alpha value is -3.77. The second kappa shape index (κ2) is 9.36. The lowest BCUT2D eigenvalue weighted by Gasteiger charge is -2.23. The predicted molar refractivity (Wildman–Crippen MR) is 145 cm³/mol. The largest absolute Gasteiger partial charge is 0.507 e. The second-order valence-electron chi connectivity index (χ2n) is 9.51. The van der Waals surface area contributed by atoms with E-state index in [1.165, 1.54) is 21.8 Å². The summed E-state index contributed by atoms with van der Waals surface area (Å²) in [5.41, 5.74) is 5.48. The lowest BCUT2D eigenvalue weighted by atomic mass is 9.93. The summed E-state index contributed by atoms with van der Waals surface area (Å²) in [5, 5.41) is 11.8. The smallest absolute Gasteiger partial charge is 0.301 e. The van der Waals surface area contributed by atoms with Crippen molar-refractivity contribution >= 4 is 44.1 Å². The number of aromatic nitrogens is 1. The number of amides is 1. The molecule has 0 radical (unpaired) electrons. The Morgan fingerprint density at radius 3 is 2.36 bits per heavy atom. The van der Waals surface area contributed by atoms with Gasteiger partial charge in [-0.15, -0.1) is 0 Å². The Labute approximate surface area is 214 Å². The molecule has 0 bridgehead atoms. The highest BCUT2D eigenvalue weighted by atomic mass is 32.1. The number of aryl methyl sites for hydroxylation is 2. The molecule has 5 nitrogen and oxygen atoms in total. The molecule has 1 fully saturated rings. The molecule has 1 aliphatic heterocycles. The van der Waals surface area contributed by atoms with Crippen LogP contribution in [-0.4, -0.2) is 21.8 Å². The maximum Gasteiger partial charge on any atom is 0.301 e. The molecule has 36 heavy (non-hydrogen) atoms. The summed E-state index contributed by atoms with van der Waals surface area (Å²) in [6.07, 6.45) is 0.895. The maximum atomic E-state index is 13.5. The van der Waals surface area contributed by atoms with Crippen LogP contribution >= 0.6 is 11.3 Å². The summed E-state index contributed by atoms with van der Waals surface area (Å²) < 4.78 is 0.957. The Morgan fingerprint density at radius 2 is 1.72 bits per heavy atom. The van der Waals surface area contributed by atoms with E-state index in [0.717, 1.165) is 33.3 Å². The topological polar surface area (TPSA) is 70.5 Å². The molecule has 5 rings (SSSR count). The van der Waals surface area contributed by atoms with Crippen LogP contribution in [0.3, 0.4) is 0 Å². The van der Waals surface area contributed by atoms with Crippen molar-refractivity contribution in [2.75, 3.05) is 4.90 Å². The van der Waals surface area contributed by atoms with E-state index in [2.05, 4.69) is 26.8 Å². The predicted octanol–water partition coefficient (Wildman–Crippen LogP) is 6.92. The third-order valence-corrected chi connectivity index (χ3v) is 7.76. The van der Waals surface area contributed by atoms with Crippen molar-refractivity contribution in [2.45, 2.75) is 46.1 Å². The molecule has 0 saturated carbocycles. The van der Waals surface area contributed by atoms with Crippen molar-refractivity contribution in [2.24, 2.45) is 0 Å². The number of carbonyl (C=O) groups excluding carboxylic acids is 2. The van der Waals surface area contributed by atoms with Crippen LogP contribution < -0.4 is 4.90 Å². The van der Waals surface area contributed by atoms with Crippen molar-refractivity contribution in [3.63, 3.8) is 0 Å². The Kier molecular flexibility index (Phi) is 6.22. The van der Waals surface area contributed by atoms with Crippen LogP contribution in [0.15, 0.2) is 72.3 Å². The van der Waals surface area contributed by atoms with Crippen LogP contribution in [0.5, 0.6) is 0 Å². The fourth-order valence-electron chi connectivity index (χ4n) is 4.56. The fraction of sp³-hybridized carbons (Fsp3) is 0.233. The summed E-state index contributed by atoms with van der Waals surface area (Å²) in [6, 6.07) is 20.4. The van der Waals surface area contributed by atoms with Gasteiger partial charge in [-0.1, -0.05) is 92.3 Å². The molecule has 6 heteroatoms. The number of fused-ring (bicyclic) bond motifs is 1. The Morgan fingerprint density at radius 1 is 1.03 bits per heavy atom. The molecule has 182 valence electrons. The van der Waals surface area contributed by atoms with E-state index in [4.69, 9.17) is 4.98 Å². The molecule has 1 atom stereocenters. The van der Waals surface area contributed by atoms with Crippen molar-refractivity contribution in [1.29, 1.82) is 0 Å². The lowest BCUT2D eigenvalue weighted by Crippen LogP contribution is -2.29. The number of aliphatic hydroxyl groups is 1. The summed E-state index contributed by atoms with van der Waals surface area (Å²) in [6.45, 7) is 8.28. The highest BCUT2D eigenvalue weighted by molar-refractivity contribution is 7.22. The number of carbonyl (C=O) groups is 2. The van der Waals surface area contributed by atoms with Gasteiger partial charge in [-0.3, -0.25) is 14.5 Å². The minimum Gasteiger partial charge on any atom is -0.507 e. The first kappa shape index (κ1) is 23.9. The van der Waals surface area contributed by atoms with E-state index in [9.17, 15) is 14.7 Å². The first-order valence-corrected chi connectivity index (χ1v) is 13.0. The van der Waals surface area contributed by atoms with E-state index in [-0.39, 0.29) is 11.3 Å².